The van der Waals surface area contributed by atoms with Gasteiger partial charge >= 0.3 is 0 Å². The van der Waals surface area contributed by atoms with Gasteiger partial charge in [-0.05, 0) is 31.2 Å². The summed E-state index contributed by atoms with van der Waals surface area (Å²) >= 11 is 1.69. The van der Waals surface area contributed by atoms with Gasteiger partial charge in [0.05, 0.1) is 24.6 Å². The summed E-state index contributed by atoms with van der Waals surface area (Å²) in [5.41, 5.74) is -0.185. The molecule has 0 unspecified atom stereocenters. The number of fused-ring (bicyclic) bond motifs is 1. The highest BCUT2D eigenvalue weighted by molar-refractivity contribution is 7.16. The van der Waals surface area contributed by atoms with E-state index in [1.54, 1.807) is 11.3 Å². The van der Waals surface area contributed by atoms with Crippen molar-refractivity contribution >= 4 is 27.4 Å². The molecule has 4 rings (SSSR count). The molecule has 0 aliphatic carbocycles. The molecule has 0 radical (unpaired) electrons. The minimum Gasteiger partial charge on any atom is -0.378 e. The van der Waals surface area contributed by atoms with E-state index in [0.717, 1.165) is 60.8 Å². The Morgan fingerprint density at radius 1 is 1.43 bits per heavy atom. The molecule has 2 aliphatic rings. The van der Waals surface area contributed by atoms with Crippen LogP contribution < -0.4 is 4.90 Å². The molecule has 0 bridgehead atoms. The van der Waals surface area contributed by atoms with E-state index >= 15 is 0 Å². The van der Waals surface area contributed by atoms with E-state index in [0.29, 0.717) is 6.61 Å². The zero-order valence-electron chi connectivity index (χ0n) is 13.7. The summed E-state index contributed by atoms with van der Waals surface area (Å²) in [6, 6.07) is 2.14. The summed E-state index contributed by atoms with van der Waals surface area (Å²) in [6.45, 7) is 7.51. The summed E-state index contributed by atoms with van der Waals surface area (Å²) < 4.78 is 12.0. The molecule has 124 valence electrons. The third-order valence-corrected chi connectivity index (χ3v) is 5.47. The first-order valence-corrected chi connectivity index (χ1v) is 9.32. The number of hydrogen-bond acceptors (Lipinski definition) is 6. The van der Waals surface area contributed by atoms with E-state index in [-0.39, 0.29) is 11.7 Å². The zero-order chi connectivity index (χ0) is 15.9. The van der Waals surface area contributed by atoms with Gasteiger partial charge in [-0.25, -0.2) is 9.97 Å². The number of aromatic nitrogens is 2. The molecule has 23 heavy (non-hydrogen) atoms. The van der Waals surface area contributed by atoms with Crippen LogP contribution in [-0.4, -0.2) is 48.0 Å². The van der Waals surface area contributed by atoms with Gasteiger partial charge in [-0.3, -0.25) is 0 Å². The Morgan fingerprint density at radius 3 is 3.13 bits per heavy atom. The lowest BCUT2D eigenvalue weighted by atomic mass is 9.93. The Hall–Kier alpha value is -1.24. The van der Waals surface area contributed by atoms with Crippen molar-refractivity contribution in [1.29, 1.82) is 0 Å². The average molecular weight is 333 g/mol. The first-order valence-electron chi connectivity index (χ1n) is 8.44. The highest BCUT2D eigenvalue weighted by Crippen LogP contribution is 2.35. The second-order valence-corrected chi connectivity index (χ2v) is 7.50. The molecule has 2 aliphatic heterocycles. The lowest BCUT2D eigenvalue weighted by Crippen LogP contribution is -2.59. The molecular formula is C17H23N3O2S. The highest BCUT2D eigenvalue weighted by Gasteiger charge is 2.42. The van der Waals surface area contributed by atoms with Crippen molar-refractivity contribution in [2.75, 3.05) is 31.2 Å². The summed E-state index contributed by atoms with van der Waals surface area (Å²) in [4.78, 5) is 13.0. The number of aryl methyl sites for hydroxylation is 1. The van der Waals surface area contributed by atoms with Crippen LogP contribution in [0.2, 0.25) is 0 Å². The van der Waals surface area contributed by atoms with Gasteiger partial charge in [0.25, 0.3) is 0 Å². The van der Waals surface area contributed by atoms with Gasteiger partial charge < -0.3 is 14.4 Å². The van der Waals surface area contributed by atoms with Gasteiger partial charge in [-0.2, -0.15) is 0 Å². The number of nitrogens with zero attached hydrogens (tertiary/aromatic N) is 3. The molecular weight excluding hydrogens is 310 g/mol. The molecule has 6 heteroatoms. The van der Waals surface area contributed by atoms with Crippen molar-refractivity contribution in [1.82, 2.24) is 9.97 Å². The number of rotatable bonds is 2. The smallest absolute Gasteiger partial charge is 0.141 e. The van der Waals surface area contributed by atoms with Crippen LogP contribution in [0.4, 0.5) is 5.82 Å². The Bertz CT molecular complexity index is 696. The van der Waals surface area contributed by atoms with Crippen LogP contribution in [0.25, 0.3) is 10.2 Å². The Morgan fingerprint density at radius 2 is 2.35 bits per heavy atom. The molecule has 2 aromatic rings. The van der Waals surface area contributed by atoms with Crippen LogP contribution >= 0.6 is 11.3 Å². The molecule has 1 spiro atoms. The van der Waals surface area contributed by atoms with Gasteiger partial charge in [0.2, 0.25) is 0 Å². The van der Waals surface area contributed by atoms with Crippen molar-refractivity contribution in [3.63, 3.8) is 0 Å². The second kappa shape index (κ2) is 6.00. The molecule has 5 nitrogen and oxygen atoms in total. The normalized spacial score (nSPS) is 28.6. The Labute approximate surface area is 140 Å². The fourth-order valence-electron chi connectivity index (χ4n) is 3.71. The maximum atomic E-state index is 6.31. The molecule has 0 saturated carbocycles. The first kappa shape index (κ1) is 15.3. The van der Waals surface area contributed by atoms with Crippen molar-refractivity contribution in [2.24, 2.45) is 0 Å². The molecule has 4 heterocycles. The van der Waals surface area contributed by atoms with Crippen LogP contribution in [0.1, 0.15) is 32.5 Å². The van der Waals surface area contributed by atoms with Gasteiger partial charge in [0.1, 0.15) is 22.1 Å². The zero-order valence-corrected chi connectivity index (χ0v) is 14.6. The fourth-order valence-corrected chi connectivity index (χ4v) is 4.49. The molecule has 2 fully saturated rings. The molecule has 2 saturated heterocycles. The minimum absolute atomic E-state index is 0.180. The predicted molar refractivity (Wildman–Crippen MR) is 92.3 cm³/mol. The lowest BCUT2D eigenvalue weighted by Gasteiger charge is -2.47. The fraction of sp³-hybridized carbons (Fsp3) is 0.647. The predicted octanol–water partition coefficient (Wildman–Crippen LogP) is 3.03. The summed E-state index contributed by atoms with van der Waals surface area (Å²) in [5.74, 6) is 1.98. The van der Waals surface area contributed by atoms with Crippen LogP contribution in [0, 0.1) is 0 Å². The van der Waals surface area contributed by atoms with Crippen molar-refractivity contribution < 1.29 is 9.47 Å². The summed E-state index contributed by atoms with van der Waals surface area (Å²) in [7, 11) is 0. The molecule has 0 aromatic carbocycles. The molecule has 0 N–H and O–H groups in total. The molecule has 0 amide bonds. The minimum atomic E-state index is -0.185. The number of hydrogen-bond donors (Lipinski definition) is 0. The largest absolute Gasteiger partial charge is 0.378 e. The maximum absolute atomic E-state index is 6.31. The number of morpholine rings is 1. The molecule has 2 aromatic heterocycles. The second-order valence-electron chi connectivity index (χ2n) is 6.60. The van der Waals surface area contributed by atoms with Gasteiger partial charge in [-0.15, -0.1) is 11.3 Å². The summed E-state index contributed by atoms with van der Waals surface area (Å²) in [6.07, 6.45) is 3.17. The van der Waals surface area contributed by atoms with Crippen molar-refractivity contribution in [3.8, 4) is 0 Å². The SMILES string of the molecule is CCc1nc(N2C[C@@H](C)O[C@]3(CCCOC3)C2)c2ccsc2n1. The van der Waals surface area contributed by atoms with E-state index in [1.807, 2.05) is 0 Å². The van der Waals surface area contributed by atoms with Crippen molar-refractivity contribution in [3.05, 3.63) is 17.3 Å². The average Bonchev–Trinajstić information content (AvgIpc) is 3.02. The number of thiophene rings is 1. The molecule has 2 atom stereocenters. The van der Waals surface area contributed by atoms with E-state index < -0.39 is 0 Å². The standard InChI is InChI=1S/C17H23N3O2S/c1-3-14-18-15(13-5-8-23-16(13)19-14)20-9-12(2)22-17(10-20)6-4-7-21-11-17/h5,8,12H,3-4,6-7,9-11H2,1-2H3/t12-,17-/m1/s1. The van der Waals surface area contributed by atoms with Crippen LogP contribution in [0.15, 0.2) is 11.4 Å². The van der Waals surface area contributed by atoms with Crippen LogP contribution in [0.5, 0.6) is 0 Å². The van der Waals surface area contributed by atoms with E-state index in [1.165, 1.54) is 0 Å². The lowest BCUT2D eigenvalue weighted by molar-refractivity contribution is -0.160. The third kappa shape index (κ3) is 2.84. The van der Waals surface area contributed by atoms with E-state index in [4.69, 9.17) is 14.5 Å². The van der Waals surface area contributed by atoms with E-state index in [9.17, 15) is 0 Å². The number of ether oxygens (including phenoxy) is 2. The van der Waals surface area contributed by atoms with Crippen LogP contribution in [-0.2, 0) is 15.9 Å². The quantitative estimate of drug-likeness (QED) is 0.845. The maximum Gasteiger partial charge on any atom is 0.141 e. The van der Waals surface area contributed by atoms with Gasteiger partial charge in [0.15, 0.2) is 0 Å². The topological polar surface area (TPSA) is 47.5 Å². The number of anilines is 1. The highest BCUT2D eigenvalue weighted by atomic mass is 32.1. The Balaban J connectivity index is 1.72. The van der Waals surface area contributed by atoms with Gasteiger partial charge in [0, 0.05) is 19.6 Å². The van der Waals surface area contributed by atoms with E-state index in [2.05, 4.69) is 35.2 Å². The Kier molecular flexibility index (Phi) is 3.99. The monoisotopic (exact) mass is 333 g/mol. The summed E-state index contributed by atoms with van der Waals surface area (Å²) in [5, 5.41) is 3.26. The first-order chi connectivity index (χ1) is 11.2. The third-order valence-electron chi connectivity index (χ3n) is 4.66. The van der Waals surface area contributed by atoms with Crippen molar-refractivity contribution in [2.45, 2.75) is 44.8 Å². The van der Waals surface area contributed by atoms with Gasteiger partial charge in [-0.1, -0.05) is 6.92 Å². The van der Waals surface area contributed by atoms with Crippen LogP contribution in [0.3, 0.4) is 0 Å².